The fraction of sp³-hybridized carbons (Fsp3) is 0.381. The van der Waals surface area contributed by atoms with Crippen LogP contribution in [0.15, 0.2) is 53.4 Å². The molecule has 2 aromatic carbocycles. The molecule has 1 heterocycles. The molecule has 7 heteroatoms. The lowest BCUT2D eigenvalue weighted by atomic mass is 10.1. The molecule has 1 aliphatic rings. The minimum absolute atomic E-state index is 0.237. The number of aryl methyl sites for hydroxylation is 1. The van der Waals surface area contributed by atoms with Gasteiger partial charge in [0.05, 0.1) is 4.90 Å². The van der Waals surface area contributed by atoms with Gasteiger partial charge in [0.25, 0.3) is 8.32 Å². The van der Waals surface area contributed by atoms with Gasteiger partial charge in [-0.2, -0.15) is 0 Å². The molecule has 28 heavy (non-hydrogen) atoms. The van der Waals surface area contributed by atoms with Crippen LogP contribution in [-0.2, 0) is 25.2 Å². The molecule has 0 spiro atoms. The summed E-state index contributed by atoms with van der Waals surface area (Å²) in [7, 11) is -8.39. The predicted octanol–water partition coefficient (Wildman–Crippen LogP) is 2.84. The predicted molar refractivity (Wildman–Crippen MR) is 118 cm³/mol. The highest BCUT2D eigenvalue weighted by Gasteiger charge is 2.56. The maximum Gasteiger partial charge on any atom is 0.252 e. The Morgan fingerprint density at radius 3 is 1.93 bits per heavy atom. The number of benzene rings is 2. The molecule has 0 N–H and O–H groups in total. The monoisotopic (exact) mass is 432 g/mol. The first kappa shape index (κ1) is 21.2. The topological polar surface area (TPSA) is 60.4 Å². The molecule has 0 radical (unpaired) electrons. The summed E-state index contributed by atoms with van der Waals surface area (Å²) in [4.78, 5) is 13.1. The van der Waals surface area contributed by atoms with Crippen LogP contribution in [0.4, 0.5) is 0 Å². The van der Waals surface area contributed by atoms with E-state index in [1.54, 1.807) is 12.1 Å². The Hall–Kier alpha value is -1.55. The van der Waals surface area contributed by atoms with Crippen molar-refractivity contribution in [2.75, 3.05) is 6.26 Å². The Bertz CT molecular complexity index is 966. The SMILES string of the molecule is CCCCc1ccc([Si]2(c3ccc(S(C)(=O)=O)cc3)CC(=O)[Si](C)(C)O2)cc1. The van der Waals surface area contributed by atoms with E-state index in [1.165, 1.54) is 11.8 Å². The molecule has 0 saturated carbocycles. The number of rotatable bonds is 6. The normalized spacial score (nSPS) is 21.8. The van der Waals surface area contributed by atoms with Crippen molar-refractivity contribution in [2.24, 2.45) is 0 Å². The highest BCUT2D eigenvalue weighted by Crippen LogP contribution is 2.30. The second-order valence-corrected chi connectivity index (χ2v) is 17.7. The van der Waals surface area contributed by atoms with Crippen molar-refractivity contribution < 1.29 is 17.3 Å². The van der Waals surface area contributed by atoms with Crippen molar-refractivity contribution in [2.45, 2.75) is 50.2 Å². The van der Waals surface area contributed by atoms with Crippen molar-refractivity contribution >= 4 is 42.3 Å². The van der Waals surface area contributed by atoms with Crippen LogP contribution in [0.2, 0.25) is 19.1 Å². The molecule has 1 aliphatic heterocycles. The minimum atomic E-state index is -3.26. The third kappa shape index (κ3) is 4.08. The molecule has 0 amide bonds. The average molecular weight is 433 g/mol. The van der Waals surface area contributed by atoms with Crippen molar-refractivity contribution in [1.29, 1.82) is 0 Å². The summed E-state index contributed by atoms with van der Waals surface area (Å²) in [6, 6.07) is 15.9. The summed E-state index contributed by atoms with van der Waals surface area (Å²) >= 11 is 0. The van der Waals surface area contributed by atoms with E-state index < -0.39 is 26.5 Å². The molecule has 1 unspecified atom stereocenters. The fourth-order valence-corrected chi connectivity index (χ4v) is 14.6. The van der Waals surface area contributed by atoms with Crippen LogP contribution in [0.1, 0.15) is 25.3 Å². The van der Waals surface area contributed by atoms with E-state index in [4.69, 9.17) is 4.12 Å². The quantitative estimate of drug-likeness (QED) is 0.659. The standard InChI is InChI=1S/C21H28O4SSi2/c1-5-6-7-17-8-12-19(13-9-17)28(16-21(22)27(3,4)25-28)20-14-10-18(11-15-20)26(2,23)24/h8-15H,5-7,16H2,1-4H3. The number of unbranched alkanes of at least 4 members (excludes halogenated alkanes) is 1. The van der Waals surface area contributed by atoms with Crippen LogP contribution in [0.3, 0.4) is 0 Å². The van der Waals surface area contributed by atoms with Crippen LogP contribution in [0, 0.1) is 0 Å². The van der Waals surface area contributed by atoms with Crippen molar-refractivity contribution in [3.63, 3.8) is 0 Å². The van der Waals surface area contributed by atoms with Crippen molar-refractivity contribution in [3.05, 3.63) is 54.1 Å². The number of sulfone groups is 1. The van der Waals surface area contributed by atoms with Crippen LogP contribution in [0.25, 0.3) is 0 Å². The maximum atomic E-state index is 12.8. The molecule has 1 saturated heterocycles. The van der Waals surface area contributed by atoms with E-state index in [1.807, 2.05) is 25.2 Å². The van der Waals surface area contributed by atoms with Gasteiger partial charge in [-0.05, 0) is 54.0 Å². The molecule has 2 aromatic rings. The highest BCUT2D eigenvalue weighted by atomic mass is 32.2. The molecule has 150 valence electrons. The smallest absolute Gasteiger partial charge is 0.252 e. The van der Waals surface area contributed by atoms with E-state index in [0.29, 0.717) is 6.04 Å². The molecule has 3 rings (SSSR count). The Morgan fingerprint density at radius 2 is 1.50 bits per heavy atom. The third-order valence-corrected chi connectivity index (χ3v) is 15.3. The maximum absolute atomic E-state index is 12.8. The lowest BCUT2D eigenvalue weighted by Crippen LogP contribution is -2.60. The molecule has 0 bridgehead atoms. The summed E-state index contributed by atoms with van der Waals surface area (Å²) in [5, 5.41) is 2.29. The number of carbonyl (C=O) groups excluding carboxylic acids is 1. The number of hydrogen-bond donors (Lipinski definition) is 0. The third-order valence-electron chi connectivity index (χ3n) is 5.50. The summed E-state index contributed by atoms with van der Waals surface area (Å²) in [6.07, 6.45) is 4.57. The molecule has 4 nitrogen and oxygen atoms in total. The Morgan fingerprint density at radius 1 is 0.964 bits per heavy atom. The lowest BCUT2D eigenvalue weighted by Gasteiger charge is -2.30. The van der Waals surface area contributed by atoms with Crippen LogP contribution in [-0.4, -0.2) is 36.7 Å². The molecule has 0 aromatic heterocycles. The summed E-state index contributed by atoms with van der Waals surface area (Å²) in [5.41, 5.74) is 1.29. The molecular weight excluding hydrogens is 404 g/mol. The zero-order valence-corrected chi connectivity index (χ0v) is 19.8. The van der Waals surface area contributed by atoms with Gasteiger partial charge in [-0.1, -0.05) is 49.7 Å². The first-order chi connectivity index (χ1) is 13.1. The van der Waals surface area contributed by atoms with Gasteiger partial charge >= 0.3 is 0 Å². The van der Waals surface area contributed by atoms with Crippen LogP contribution >= 0.6 is 0 Å². The minimum Gasteiger partial charge on any atom is -0.443 e. The first-order valence-corrected chi connectivity index (χ1v) is 16.6. The van der Waals surface area contributed by atoms with Gasteiger partial charge in [-0.3, -0.25) is 0 Å². The van der Waals surface area contributed by atoms with E-state index in [-0.39, 0.29) is 10.3 Å². The van der Waals surface area contributed by atoms with Gasteiger partial charge in [0, 0.05) is 12.3 Å². The Labute approximate surface area is 170 Å². The zero-order chi connectivity index (χ0) is 20.6. The summed E-state index contributed by atoms with van der Waals surface area (Å²) in [6.45, 7) is 6.11. The van der Waals surface area contributed by atoms with E-state index in [2.05, 4.69) is 31.2 Å². The Balaban J connectivity index is 2.06. The fourth-order valence-electron chi connectivity index (χ4n) is 3.75. The lowest BCUT2D eigenvalue weighted by molar-refractivity contribution is -0.110. The first-order valence-electron chi connectivity index (χ1n) is 9.72. The molecule has 0 aliphatic carbocycles. The molecule has 1 atom stereocenters. The second-order valence-electron chi connectivity index (χ2n) is 8.14. The van der Waals surface area contributed by atoms with Crippen LogP contribution < -0.4 is 10.4 Å². The van der Waals surface area contributed by atoms with Crippen molar-refractivity contribution in [3.8, 4) is 0 Å². The van der Waals surface area contributed by atoms with Crippen LogP contribution in [0.5, 0.6) is 0 Å². The average Bonchev–Trinajstić information content (AvgIpc) is 2.90. The number of hydrogen-bond acceptors (Lipinski definition) is 4. The second kappa shape index (κ2) is 7.70. The largest absolute Gasteiger partial charge is 0.443 e. The van der Waals surface area contributed by atoms with Gasteiger partial charge < -0.3 is 8.91 Å². The van der Waals surface area contributed by atoms with E-state index in [9.17, 15) is 13.2 Å². The highest BCUT2D eigenvalue weighted by molar-refractivity contribution is 7.90. The van der Waals surface area contributed by atoms with Gasteiger partial charge in [-0.25, -0.2) is 8.42 Å². The molecule has 1 fully saturated rings. The van der Waals surface area contributed by atoms with Gasteiger partial charge in [0.2, 0.25) is 8.32 Å². The zero-order valence-electron chi connectivity index (χ0n) is 17.0. The summed E-state index contributed by atoms with van der Waals surface area (Å²) in [5.74, 6) is 0. The van der Waals surface area contributed by atoms with E-state index >= 15 is 0 Å². The molecular formula is C21H28O4SSi2. The number of carbonyl (C=O) groups is 1. The van der Waals surface area contributed by atoms with E-state index in [0.717, 1.165) is 29.6 Å². The van der Waals surface area contributed by atoms with Gasteiger partial charge in [0.1, 0.15) is 5.41 Å². The van der Waals surface area contributed by atoms with Gasteiger partial charge in [-0.15, -0.1) is 0 Å². The Kier molecular flexibility index (Phi) is 5.82. The van der Waals surface area contributed by atoms with Gasteiger partial charge in [0.15, 0.2) is 9.84 Å². The summed E-state index contributed by atoms with van der Waals surface area (Å²) < 4.78 is 30.3. The van der Waals surface area contributed by atoms with Crippen molar-refractivity contribution in [1.82, 2.24) is 0 Å².